The van der Waals surface area contributed by atoms with E-state index in [0.29, 0.717) is 12.5 Å². The highest BCUT2D eigenvalue weighted by atomic mass is 16.5. The van der Waals surface area contributed by atoms with Crippen LogP contribution in [-0.2, 0) is 6.54 Å². The molecule has 0 bridgehead atoms. The van der Waals surface area contributed by atoms with Crippen LogP contribution in [0, 0.1) is 5.92 Å². The third-order valence-corrected chi connectivity index (χ3v) is 2.88. The van der Waals surface area contributed by atoms with Crippen molar-refractivity contribution in [3.05, 3.63) is 35.9 Å². The summed E-state index contributed by atoms with van der Waals surface area (Å²) in [6, 6.07) is 10.3. The SMILES string of the molecule is CCNCc1cc2ccccc2nc1OCC(C)C. The highest BCUT2D eigenvalue weighted by Crippen LogP contribution is 2.22. The van der Waals surface area contributed by atoms with E-state index in [1.54, 1.807) is 0 Å². The minimum atomic E-state index is 0.500. The molecule has 1 heterocycles. The second kappa shape index (κ2) is 6.53. The van der Waals surface area contributed by atoms with Gasteiger partial charge in [0.1, 0.15) is 0 Å². The van der Waals surface area contributed by atoms with Gasteiger partial charge in [0, 0.05) is 17.5 Å². The van der Waals surface area contributed by atoms with Gasteiger partial charge in [-0.05, 0) is 24.6 Å². The fourth-order valence-electron chi connectivity index (χ4n) is 1.90. The lowest BCUT2D eigenvalue weighted by Gasteiger charge is -2.13. The van der Waals surface area contributed by atoms with Crippen molar-refractivity contribution >= 4 is 10.9 Å². The molecule has 0 amide bonds. The van der Waals surface area contributed by atoms with Gasteiger partial charge in [0.2, 0.25) is 5.88 Å². The molecule has 0 radical (unpaired) electrons. The first-order chi connectivity index (χ1) is 9.20. The Balaban J connectivity index is 2.32. The van der Waals surface area contributed by atoms with Gasteiger partial charge in [-0.15, -0.1) is 0 Å². The average molecular weight is 258 g/mol. The number of aromatic nitrogens is 1. The van der Waals surface area contributed by atoms with Gasteiger partial charge in [-0.2, -0.15) is 0 Å². The molecule has 1 N–H and O–H groups in total. The number of pyridine rings is 1. The van der Waals surface area contributed by atoms with E-state index in [1.165, 1.54) is 0 Å². The fraction of sp³-hybridized carbons (Fsp3) is 0.438. The maximum atomic E-state index is 5.85. The molecule has 102 valence electrons. The highest BCUT2D eigenvalue weighted by molar-refractivity contribution is 5.80. The predicted octanol–water partition coefficient (Wildman–Crippen LogP) is 3.38. The molecular weight excluding hydrogens is 236 g/mol. The Morgan fingerprint density at radius 2 is 2.05 bits per heavy atom. The monoisotopic (exact) mass is 258 g/mol. The number of nitrogens with zero attached hydrogens (tertiary/aromatic N) is 1. The minimum Gasteiger partial charge on any atom is -0.477 e. The fourth-order valence-corrected chi connectivity index (χ4v) is 1.90. The molecule has 0 aliphatic carbocycles. The van der Waals surface area contributed by atoms with Crippen molar-refractivity contribution in [1.29, 1.82) is 0 Å². The average Bonchev–Trinajstić information content (AvgIpc) is 2.42. The quantitative estimate of drug-likeness (QED) is 0.862. The molecule has 0 unspecified atom stereocenters. The van der Waals surface area contributed by atoms with E-state index in [0.717, 1.165) is 35.4 Å². The Morgan fingerprint density at radius 3 is 2.79 bits per heavy atom. The Labute approximate surface area is 115 Å². The first-order valence-electron chi connectivity index (χ1n) is 6.93. The summed E-state index contributed by atoms with van der Waals surface area (Å²) in [5, 5.41) is 4.50. The van der Waals surface area contributed by atoms with Crippen molar-refractivity contribution in [3.63, 3.8) is 0 Å². The standard InChI is InChI=1S/C16H22N2O/c1-4-17-10-14-9-13-7-5-6-8-15(13)18-16(14)19-11-12(2)3/h5-9,12,17H,4,10-11H2,1-3H3. The molecule has 3 nitrogen and oxygen atoms in total. The predicted molar refractivity (Wildman–Crippen MR) is 79.5 cm³/mol. The van der Waals surface area contributed by atoms with Crippen LogP contribution >= 0.6 is 0 Å². The summed E-state index contributed by atoms with van der Waals surface area (Å²) >= 11 is 0. The van der Waals surface area contributed by atoms with Gasteiger partial charge in [-0.3, -0.25) is 0 Å². The Morgan fingerprint density at radius 1 is 1.26 bits per heavy atom. The first-order valence-corrected chi connectivity index (χ1v) is 6.93. The zero-order valence-electron chi connectivity index (χ0n) is 11.9. The number of para-hydroxylation sites is 1. The van der Waals surface area contributed by atoms with Gasteiger partial charge < -0.3 is 10.1 Å². The van der Waals surface area contributed by atoms with Crippen LogP contribution in [0.1, 0.15) is 26.3 Å². The van der Waals surface area contributed by atoms with E-state index in [4.69, 9.17) is 4.74 Å². The lowest BCUT2D eigenvalue weighted by molar-refractivity contribution is 0.259. The summed E-state index contributed by atoms with van der Waals surface area (Å²) in [4.78, 5) is 4.64. The Bertz CT molecular complexity index is 537. The number of fused-ring (bicyclic) bond motifs is 1. The molecular formula is C16H22N2O. The maximum absolute atomic E-state index is 5.85. The zero-order chi connectivity index (χ0) is 13.7. The molecule has 0 aliphatic rings. The lowest BCUT2D eigenvalue weighted by Crippen LogP contribution is -2.15. The summed E-state index contributed by atoms with van der Waals surface area (Å²) in [6.45, 7) is 8.82. The summed E-state index contributed by atoms with van der Waals surface area (Å²) in [7, 11) is 0. The van der Waals surface area contributed by atoms with Gasteiger partial charge in [0.15, 0.2) is 0 Å². The van der Waals surface area contributed by atoms with E-state index < -0.39 is 0 Å². The number of benzene rings is 1. The van der Waals surface area contributed by atoms with Crippen LogP contribution in [0.25, 0.3) is 10.9 Å². The molecule has 0 atom stereocenters. The van der Waals surface area contributed by atoms with Crippen LogP contribution in [0.5, 0.6) is 5.88 Å². The maximum Gasteiger partial charge on any atom is 0.218 e. The van der Waals surface area contributed by atoms with Gasteiger partial charge in [0.25, 0.3) is 0 Å². The lowest BCUT2D eigenvalue weighted by atomic mass is 10.1. The van der Waals surface area contributed by atoms with Crippen LogP contribution in [-0.4, -0.2) is 18.1 Å². The van der Waals surface area contributed by atoms with Crippen LogP contribution < -0.4 is 10.1 Å². The van der Waals surface area contributed by atoms with Gasteiger partial charge in [-0.25, -0.2) is 4.98 Å². The molecule has 2 rings (SSSR count). The van der Waals surface area contributed by atoms with Crippen LogP contribution in [0.15, 0.2) is 30.3 Å². The third kappa shape index (κ3) is 3.67. The first kappa shape index (κ1) is 13.8. The third-order valence-electron chi connectivity index (χ3n) is 2.88. The van der Waals surface area contributed by atoms with Crippen molar-refractivity contribution in [2.24, 2.45) is 5.92 Å². The van der Waals surface area contributed by atoms with Crippen molar-refractivity contribution in [2.75, 3.05) is 13.2 Å². The Hall–Kier alpha value is -1.61. The second-order valence-corrected chi connectivity index (χ2v) is 5.13. The molecule has 1 aromatic heterocycles. The molecule has 19 heavy (non-hydrogen) atoms. The number of rotatable bonds is 6. The van der Waals surface area contributed by atoms with E-state index >= 15 is 0 Å². The van der Waals surface area contributed by atoms with Crippen molar-refractivity contribution < 1.29 is 4.74 Å². The van der Waals surface area contributed by atoms with E-state index in [-0.39, 0.29) is 0 Å². The largest absolute Gasteiger partial charge is 0.477 e. The van der Waals surface area contributed by atoms with Crippen LogP contribution in [0.2, 0.25) is 0 Å². The zero-order valence-corrected chi connectivity index (χ0v) is 11.9. The van der Waals surface area contributed by atoms with E-state index in [1.807, 2.05) is 18.2 Å². The molecule has 3 heteroatoms. The molecule has 0 saturated heterocycles. The van der Waals surface area contributed by atoms with E-state index in [2.05, 4.69) is 43.2 Å². The van der Waals surface area contributed by atoms with Crippen molar-refractivity contribution in [3.8, 4) is 5.88 Å². The topological polar surface area (TPSA) is 34.2 Å². The summed E-state index contributed by atoms with van der Waals surface area (Å²) in [5.41, 5.74) is 2.11. The number of hydrogen-bond donors (Lipinski definition) is 1. The summed E-state index contributed by atoms with van der Waals surface area (Å²) in [5.74, 6) is 1.26. The second-order valence-electron chi connectivity index (χ2n) is 5.13. The van der Waals surface area contributed by atoms with Crippen LogP contribution in [0.4, 0.5) is 0 Å². The number of hydrogen-bond acceptors (Lipinski definition) is 3. The van der Waals surface area contributed by atoms with E-state index in [9.17, 15) is 0 Å². The van der Waals surface area contributed by atoms with Crippen molar-refractivity contribution in [1.82, 2.24) is 10.3 Å². The van der Waals surface area contributed by atoms with Crippen molar-refractivity contribution in [2.45, 2.75) is 27.3 Å². The minimum absolute atomic E-state index is 0.500. The molecule has 2 aromatic rings. The molecule has 0 saturated carbocycles. The van der Waals surface area contributed by atoms with Gasteiger partial charge in [-0.1, -0.05) is 39.0 Å². The Kier molecular flexibility index (Phi) is 4.74. The molecule has 0 fully saturated rings. The highest BCUT2D eigenvalue weighted by Gasteiger charge is 2.08. The molecule has 0 spiro atoms. The van der Waals surface area contributed by atoms with Crippen LogP contribution in [0.3, 0.4) is 0 Å². The normalized spacial score (nSPS) is 11.2. The number of nitrogens with one attached hydrogen (secondary N) is 1. The van der Waals surface area contributed by atoms with Gasteiger partial charge in [0.05, 0.1) is 12.1 Å². The summed E-state index contributed by atoms with van der Waals surface area (Å²) < 4.78 is 5.85. The number of ether oxygens (including phenoxy) is 1. The van der Waals surface area contributed by atoms with Gasteiger partial charge >= 0.3 is 0 Å². The molecule has 1 aromatic carbocycles. The molecule has 0 aliphatic heterocycles. The smallest absolute Gasteiger partial charge is 0.218 e. The summed E-state index contributed by atoms with van der Waals surface area (Å²) in [6.07, 6.45) is 0.